The van der Waals surface area contributed by atoms with Crippen LogP contribution in [-0.2, 0) is 0 Å². The maximum Gasteiger partial charge on any atom is 0.573 e. The molecule has 3 rings (SSSR count). The lowest BCUT2D eigenvalue weighted by molar-refractivity contribution is -0.274. The van der Waals surface area contributed by atoms with Crippen molar-refractivity contribution in [1.82, 2.24) is 9.97 Å². The maximum atomic E-state index is 12.2. The number of aromatic nitrogens is 2. The van der Waals surface area contributed by atoms with Crippen LogP contribution in [0.15, 0.2) is 42.5 Å². The van der Waals surface area contributed by atoms with Gasteiger partial charge in [0, 0.05) is 5.56 Å². The number of halogens is 3. The number of anilines is 2. The van der Waals surface area contributed by atoms with Gasteiger partial charge >= 0.3 is 6.36 Å². The van der Waals surface area contributed by atoms with Gasteiger partial charge in [0.15, 0.2) is 11.6 Å². The number of nitrogen functional groups attached to an aromatic ring is 2. The number of nitrogens with two attached hydrogens (primary N) is 2. The van der Waals surface area contributed by atoms with E-state index in [0.717, 1.165) is 0 Å². The molecule has 0 saturated heterocycles. The van der Waals surface area contributed by atoms with Gasteiger partial charge in [0.25, 0.3) is 0 Å². The van der Waals surface area contributed by atoms with Crippen molar-refractivity contribution >= 4 is 22.7 Å². The predicted molar refractivity (Wildman–Crippen MR) is 80.5 cm³/mol. The van der Waals surface area contributed by atoms with Crippen LogP contribution in [0.1, 0.15) is 0 Å². The lowest BCUT2D eigenvalue weighted by atomic mass is 10.0. The molecular formula is C15H11F3N4O. The summed E-state index contributed by atoms with van der Waals surface area (Å²) < 4.78 is 40.4. The molecule has 0 aliphatic carbocycles. The molecule has 1 aromatic heterocycles. The quantitative estimate of drug-likeness (QED) is 0.756. The fraction of sp³-hybridized carbons (Fsp3) is 0.0667. The monoisotopic (exact) mass is 320 g/mol. The Labute approximate surface area is 128 Å². The predicted octanol–water partition coefficient (Wildman–Crippen LogP) is 3.36. The molecule has 0 saturated carbocycles. The van der Waals surface area contributed by atoms with Gasteiger partial charge in [-0.15, -0.1) is 13.2 Å². The lowest BCUT2D eigenvalue weighted by Gasteiger charge is -2.10. The third-order valence-electron chi connectivity index (χ3n) is 3.15. The van der Waals surface area contributed by atoms with Crippen molar-refractivity contribution in [2.45, 2.75) is 6.36 Å². The number of ether oxygens (including phenoxy) is 1. The minimum atomic E-state index is -4.72. The summed E-state index contributed by atoms with van der Waals surface area (Å²) in [4.78, 5) is 8.36. The Bertz CT molecular complexity index is 863. The number of para-hydroxylation sites is 1. The number of nitrogens with zero attached hydrogens (tertiary/aromatic N) is 2. The van der Waals surface area contributed by atoms with E-state index in [1.54, 1.807) is 18.2 Å². The van der Waals surface area contributed by atoms with Crippen LogP contribution in [0, 0.1) is 0 Å². The van der Waals surface area contributed by atoms with Crippen LogP contribution in [-0.4, -0.2) is 16.3 Å². The van der Waals surface area contributed by atoms with Crippen LogP contribution in [0.5, 0.6) is 5.75 Å². The summed E-state index contributed by atoms with van der Waals surface area (Å²) in [5.41, 5.74) is 13.7. The molecule has 0 aliphatic heterocycles. The van der Waals surface area contributed by atoms with Crippen molar-refractivity contribution in [1.29, 1.82) is 0 Å². The van der Waals surface area contributed by atoms with Gasteiger partial charge < -0.3 is 16.2 Å². The molecule has 0 unspecified atom stereocenters. The Morgan fingerprint density at radius 3 is 2.17 bits per heavy atom. The first-order chi connectivity index (χ1) is 10.8. The van der Waals surface area contributed by atoms with E-state index in [1.165, 1.54) is 24.3 Å². The molecule has 0 amide bonds. The van der Waals surface area contributed by atoms with Gasteiger partial charge in [0.05, 0.1) is 11.0 Å². The summed E-state index contributed by atoms with van der Waals surface area (Å²) in [5.74, 6) is -0.0677. The van der Waals surface area contributed by atoms with Crippen LogP contribution in [0.3, 0.4) is 0 Å². The molecule has 0 bridgehead atoms. The summed E-state index contributed by atoms with van der Waals surface area (Å²) in [6.45, 7) is 0. The zero-order chi connectivity index (χ0) is 16.6. The maximum absolute atomic E-state index is 12.2. The molecule has 0 atom stereocenters. The van der Waals surface area contributed by atoms with Gasteiger partial charge in [-0.1, -0.05) is 24.3 Å². The van der Waals surface area contributed by atoms with E-state index in [2.05, 4.69) is 14.7 Å². The second-order valence-corrected chi connectivity index (χ2v) is 4.74. The van der Waals surface area contributed by atoms with E-state index >= 15 is 0 Å². The summed E-state index contributed by atoms with van der Waals surface area (Å²) in [7, 11) is 0. The fourth-order valence-electron chi connectivity index (χ4n) is 2.17. The van der Waals surface area contributed by atoms with E-state index in [-0.39, 0.29) is 17.4 Å². The molecule has 2 aromatic carbocycles. The molecule has 1 heterocycles. The van der Waals surface area contributed by atoms with Crippen LogP contribution in [0.4, 0.5) is 24.8 Å². The number of alkyl halides is 3. The van der Waals surface area contributed by atoms with Crippen molar-refractivity contribution in [3.8, 4) is 16.9 Å². The molecule has 0 spiro atoms. The number of benzene rings is 2. The third-order valence-corrected chi connectivity index (χ3v) is 3.15. The molecule has 0 fully saturated rings. The molecule has 23 heavy (non-hydrogen) atoms. The second kappa shape index (κ2) is 5.31. The number of rotatable bonds is 2. The average Bonchev–Trinajstić information content (AvgIpc) is 2.47. The number of hydrogen-bond acceptors (Lipinski definition) is 5. The van der Waals surface area contributed by atoms with Crippen molar-refractivity contribution < 1.29 is 17.9 Å². The molecule has 0 aliphatic rings. The largest absolute Gasteiger partial charge is 0.573 e. The van der Waals surface area contributed by atoms with Gasteiger partial charge in [-0.25, -0.2) is 9.97 Å². The molecule has 3 aromatic rings. The van der Waals surface area contributed by atoms with Crippen molar-refractivity contribution in [2.75, 3.05) is 11.5 Å². The van der Waals surface area contributed by atoms with E-state index in [9.17, 15) is 13.2 Å². The first-order valence-electron chi connectivity index (χ1n) is 6.51. The standard InChI is InChI=1S/C15H11F3N4O/c16-15(17,18)23-9-6-4-8(5-7-9)10-2-1-3-11-12(10)22-14(20)13(19)21-11/h1-7H,(H2,19,21)(H2,20,22). The summed E-state index contributed by atoms with van der Waals surface area (Å²) in [6, 6.07) is 10.7. The van der Waals surface area contributed by atoms with Gasteiger partial charge in [-0.05, 0) is 23.8 Å². The van der Waals surface area contributed by atoms with E-state index < -0.39 is 6.36 Å². The van der Waals surface area contributed by atoms with Gasteiger partial charge in [-0.3, -0.25) is 0 Å². The number of hydrogen-bond donors (Lipinski definition) is 2. The summed E-state index contributed by atoms with van der Waals surface area (Å²) in [5, 5.41) is 0. The lowest BCUT2D eigenvalue weighted by Crippen LogP contribution is -2.16. The second-order valence-electron chi connectivity index (χ2n) is 4.74. The molecule has 4 N–H and O–H groups in total. The molecule has 118 valence electrons. The van der Waals surface area contributed by atoms with Crippen LogP contribution >= 0.6 is 0 Å². The number of fused-ring (bicyclic) bond motifs is 1. The van der Waals surface area contributed by atoms with Crippen LogP contribution < -0.4 is 16.2 Å². The Morgan fingerprint density at radius 1 is 0.870 bits per heavy atom. The van der Waals surface area contributed by atoms with Gasteiger partial charge in [0.1, 0.15) is 5.75 Å². The van der Waals surface area contributed by atoms with E-state index in [4.69, 9.17) is 11.5 Å². The highest BCUT2D eigenvalue weighted by atomic mass is 19.4. The van der Waals surface area contributed by atoms with Crippen molar-refractivity contribution in [2.24, 2.45) is 0 Å². The van der Waals surface area contributed by atoms with Crippen LogP contribution in [0.25, 0.3) is 22.2 Å². The molecule has 0 radical (unpaired) electrons. The van der Waals surface area contributed by atoms with Crippen molar-refractivity contribution in [3.05, 3.63) is 42.5 Å². The first kappa shape index (κ1) is 14.9. The van der Waals surface area contributed by atoms with Crippen LogP contribution in [0.2, 0.25) is 0 Å². The van der Waals surface area contributed by atoms with Gasteiger partial charge in [0.2, 0.25) is 0 Å². The Hall–Kier alpha value is -3.03. The Kier molecular flexibility index (Phi) is 3.44. The highest BCUT2D eigenvalue weighted by Gasteiger charge is 2.30. The molecular weight excluding hydrogens is 309 g/mol. The third kappa shape index (κ3) is 3.10. The minimum Gasteiger partial charge on any atom is -0.406 e. The highest BCUT2D eigenvalue weighted by Crippen LogP contribution is 2.30. The zero-order valence-electron chi connectivity index (χ0n) is 11.6. The SMILES string of the molecule is Nc1nc2cccc(-c3ccc(OC(F)(F)F)cc3)c2nc1N. The normalized spacial score (nSPS) is 11.6. The summed E-state index contributed by atoms with van der Waals surface area (Å²) in [6.07, 6.45) is -4.72. The van der Waals surface area contributed by atoms with E-state index in [1.807, 2.05) is 0 Å². The Morgan fingerprint density at radius 2 is 1.52 bits per heavy atom. The highest BCUT2D eigenvalue weighted by molar-refractivity contribution is 5.93. The minimum absolute atomic E-state index is 0.0991. The van der Waals surface area contributed by atoms with Gasteiger partial charge in [-0.2, -0.15) is 0 Å². The summed E-state index contributed by atoms with van der Waals surface area (Å²) >= 11 is 0. The van der Waals surface area contributed by atoms with Crippen molar-refractivity contribution in [3.63, 3.8) is 0 Å². The van der Waals surface area contributed by atoms with E-state index in [0.29, 0.717) is 22.2 Å². The topological polar surface area (TPSA) is 87.0 Å². The Balaban J connectivity index is 2.05. The zero-order valence-corrected chi connectivity index (χ0v) is 11.6. The first-order valence-corrected chi connectivity index (χ1v) is 6.51. The fourth-order valence-corrected chi connectivity index (χ4v) is 2.17. The molecule has 8 heteroatoms. The average molecular weight is 320 g/mol. The molecule has 5 nitrogen and oxygen atoms in total. The smallest absolute Gasteiger partial charge is 0.406 e.